The number of phenolic OH excluding ortho intramolecular Hbond substituents is 1. The van der Waals surface area contributed by atoms with E-state index < -0.39 is 11.8 Å². The highest BCUT2D eigenvalue weighted by Crippen LogP contribution is 2.25. The van der Waals surface area contributed by atoms with Gasteiger partial charge in [0.15, 0.2) is 17.3 Å². The maximum absolute atomic E-state index is 11.5. The monoisotopic (exact) mass is 317 g/mol. The van der Waals surface area contributed by atoms with Gasteiger partial charge in [0.2, 0.25) is 0 Å². The molecular formula is C15H15N3O5. The molecule has 0 aliphatic heterocycles. The first-order valence-corrected chi connectivity index (χ1v) is 6.61. The van der Waals surface area contributed by atoms with E-state index in [9.17, 15) is 14.7 Å². The summed E-state index contributed by atoms with van der Waals surface area (Å²) < 4.78 is 9.85. The van der Waals surface area contributed by atoms with Gasteiger partial charge in [0.05, 0.1) is 26.1 Å². The largest absolute Gasteiger partial charge is 0.504 e. The number of aromatic hydroxyl groups is 1. The summed E-state index contributed by atoms with van der Waals surface area (Å²) >= 11 is 0. The van der Waals surface area contributed by atoms with E-state index in [0.717, 1.165) is 0 Å². The van der Waals surface area contributed by atoms with Crippen LogP contribution in [0.4, 0.5) is 0 Å². The van der Waals surface area contributed by atoms with Crippen molar-refractivity contribution in [2.75, 3.05) is 13.7 Å². The molecule has 0 atom stereocenters. The van der Waals surface area contributed by atoms with Crippen LogP contribution in [0.1, 0.15) is 16.1 Å². The molecule has 0 spiro atoms. The van der Waals surface area contributed by atoms with Crippen LogP contribution in [0.25, 0.3) is 0 Å². The summed E-state index contributed by atoms with van der Waals surface area (Å²) in [4.78, 5) is 23.1. The summed E-state index contributed by atoms with van der Waals surface area (Å²) in [5.41, 5.74) is 2.89. The van der Waals surface area contributed by atoms with Crippen molar-refractivity contribution in [2.45, 2.75) is 0 Å². The van der Waals surface area contributed by atoms with Crippen LogP contribution in [-0.4, -0.2) is 36.8 Å². The third-order valence-corrected chi connectivity index (χ3v) is 2.76. The SMILES string of the molecule is COc1cc(/C=N\NC(=O)CNC(=O)c2ccco2)ccc1O. The van der Waals surface area contributed by atoms with Crippen molar-refractivity contribution in [3.8, 4) is 11.5 Å². The van der Waals surface area contributed by atoms with Gasteiger partial charge in [-0.15, -0.1) is 0 Å². The predicted molar refractivity (Wildman–Crippen MR) is 81.4 cm³/mol. The van der Waals surface area contributed by atoms with Crippen LogP contribution in [0.3, 0.4) is 0 Å². The van der Waals surface area contributed by atoms with Gasteiger partial charge in [-0.05, 0) is 35.9 Å². The van der Waals surface area contributed by atoms with Crippen molar-refractivity contribution in [3.05, 3.63) is 47.9 Å². The van der Waals surface area contributed by atoms with E-state index in [0.29, 0.717) is 11.3 Å². The number of nitrogens with one attached hydrogen (secondary N) is 2. The fourth-order valence-electron chi connectivity index (χ4n) is 1.65. The molecule has 8 heteroatoms. The second kappa shape index (κ2) is 7.64. The molecule has 120 valence electrons. The molecule has 0 aliphatic rings. The van der Waals surface area contributed by atoms with Gasteiger partial charge in [0.25, 0.3) is 11.8 Å². The lowest BCUT2D eigenvalue weighted by Crippen LogP contribution is -2.34. The van der Waals surface area contributed by atoms with Crippen molar-refractivity contribution in [3.63, 3.8) is 0 Å². The van der Waals surface area contributed by atoms with Crippen LogP contribution >= 0.6 is 0 Å². The third kappa shape index (κ3) is 4.60. The summed E-state index contributed by atoms with van der Waals surface area (Å²) in [6.45, 7) is -0.240. The second-order valence-corrected chi connectivity index (χ2v) is 4.38. The molecule has 8 nitrogen and oxygen atoms in total. The Kier molecular flexibility index (Phi) is 5.35. The van der Waals surface area contributed by atoms with Crippen molar-refractivity contribution in [1.29, 1.82) is 0 Å². The highest BCUT2D eigenvalue weighted by molar-refractivity contribution is 5.94. The van der Waals surface area contributed by atoms with E-state index in [1.54, 1.807) is 18.2 Å². The number of hydrogen-bond donors (Lipinski definition) is 3. The first kappa shape index (κ1) is 16.1. The van der Waals surface area contributed by atoms with Gasteiger partial charge in [-0.2, -0.15) is 5.10 Å². The molecule has 0 bridgehead atoms. The first-order valence-electron chi connectivity index (χ1n) is 6.61. The summed E-state index contributed by atoms with van der Waals surface area (Å²) in [5.74, 6) is -0.554. The molecule has 1 aromatic carbocycles. The number of phenols is 1. The number of benzene rings is 1. The van der Waals surface area contributed by atoms with Crippen LogP contribution in [-0.2, 0) is 4.79 Å². The van der Waals surface area contributed by atoms with Gasteiger partial charge in [0, 0.05) is 0 Å². The summed E-state index contributed by atoms with van der Waals surface area (Å²) in [7, 11) is 1.43. The summed E-state index contributed by atoms with van der Waals surface area (Å²) in [6, 6.07) is 7.68. The molecule has 2 rings (SSSR count). The lowest BCUT2D eigenvalue weighted by Gasteiger charge is -2.04. The minimum Gasteiger partial charge on any atom is -0.504 e. The molecule has 0 saturated heterocycles. The minimum atomic E-state index is -0.494. The molecule has 0 unspecified atom stereocenters. The molecule has 23 heavy (non-hydrogen) atoms. The smallest absolute Gasteiger partial charge is 0.287 e. The van der Waals surface area contributed by atoms with Crippen LogP contribution in [0.15, 0.2) is 46.1 Å². The van der Waals surface area contributed by atoms with Crippen molar-refractivity contribution in [2.24, 2.45) is 5.10 Å². The Labute approximate surface area is 131 Å². The van der Waals surface area contributed by atoms with Gasteiger partial charge >= 0.3 is 0 Å². The molecule has 2 amide bonds. The Balaban J connectivity index is 1.81. The van der Waals surface area contributed by atoms with E-state index >= 15 is 0 Å². The normalized spacial score (nSPS) is 10.5. The molecule has 1 aromatic heterocycles. The molecule has 0 radical (unpaired) electrons. The Morgan fingerprint density at radius 1 is 1.39 bits per heavy atom. The number of nitrogens with zero attached hydrogens (tertiary/aromatic N) is 1. The fraction of sp³-hybridized carbons (Fsp3) is 0.133. The second-order valence-electron chi connectivity index (χ2n) is 4.38. The molecule has 1 heterocycles. The maximum atomic E-state index is 11.5. The number of methoxy groups -OCH3 is 1. The van der Waals surface area contributed by atoms with Crippen LogP contribution in [0, 0.1) is 0 Å². The zero-order valence-corrected chi connectivity index (χ0v) is 12.3. The molecule has 0 saturated carbocycles. The van der Waals surface area contributed by atoms with Gasteiger partial charge in [0.1, 0.15) is 0 Å². The molecule has 0 fully saturated rings. The van der Waals surface area contributed by atoms with E-state index in [2.05, 4.69) is 15.8 Å². The van der Waals surface area contributed by atoms with Gasteiger partial charge in [-0.25, -0.2) is 5.43 Å². The summed E-state index contributed by atoms with van der Waals surface area (Å²) in [5, 5.41) is 15.6. The van der Waals surface area contributed by atoms with E-state index in [4.69, 9.17) is 9.15 Å². The minimum absolute atomic E-state index is 0.00863. The van der Waals surface area contributed by atoms with Gasteiger partial charge in [-0.3, -0.25) is 9.59 Å². The number of rotatable bonds is 6. The molecule has 3 N–H and O–H groups in total. The van der Waals surface area contributed by atoms with Gasteiger partial charge in [-0.1, -0.05) is 0 Å². The number of amides is 2. The van der Waals surface area contributed by atoms with Crippen LogP contribution < -0.4 is 15.5 Å². The number of ether oxygens (including phenoxy) is 1. The number of carbonyl (C=O) groups is 2. The lowest BCUT2D eigenvalue weighted by molar-refractivity contribution is -0.120. The third-order valence-electron chi connectivity index (χ3n) is 2.76. The standard InChI is InChI=1S/C15H15N3O5/c1-22-13-7-10(4-5-11(13)19)8-17-18-14(20)9-16-15(21)12-3-2-6-23-12/h2-8,19H,9H2,1H3,(H,16,21)(H,18,20)/b17-8-. The Bertz CT molecular complexity index is 710. The van der Waals surface area contributed by atoms with E-state index in [-0.39, 0.29) is 18.1 Å². The molecule has 2 aromatic rings. The maximum Gasteiger partial charge on any atom is 0.287 e. The topological polar surface area (TPSA) is 113 Å². The Morgan fingerprint density at radius 3 is 2.91 bits per heavy atom. The zero-order valence-electron chi connectivity index (χ0n) is 12.3. The highest BCUT2D eigenvalue weighted by atomic mass is 16.5. The number of carbonyl (C=O) groups excluding carboxylic acids is 2. The summed E-state index contributed by atoms with van der Waals surface area (Å²) in [6.07, 6.45) is 2.75. The highest BCUT2D eigenvalue weighted by Gasteiger charge is 2.09. The van der Waals surface area contributed by atoms with Gasteiger partial charge < -0.3 is 19.6 Å². The number of hydrogen-bond acceptors (Lipinski definition) is 6. The van der Waals surface area contributed by atoms with Crippen molar-refractivity contribution in [1.82, 2.24) is 10.7 Å². The van der Waals surface area contributed by atoms with E-state index in [1.807, 2.05) is 0 Å². The quantitative estimate of drug-likeness (QED) is 0.540. The number of furan rings is 1. The Morgan fingerprint density at radius 2 is 2.22 bits per heavy atom. The first-order chi connectivity index (χ1) is 11.1. The molecule has 0 aliphatic carbocycles. The van der Waals surface area contributed by atoms with Crippen LogP contribution in [0.5, 0.6) is 11.5 Å². The van der Waals surface area contributed by atoms with Crippen molar-refractivity contribution >= 4 is 18.0 Å². The predicted octanol–water partition coefficient (Wildman–Crippen LogP) is 0.874. The van der Waals surface area contributed by atoms with Crippen molar-refractivity contribution < 1.29 is 23.8 Å². The van der Waals surface area contributed by atoms with Crippen LogP contribution in [0.2, 0.25) is 0 Å². The molecular weight excluding hydrogens is 302 g/mol. The van der Waals surface area contributed by atoms with E-state index in [1.165, 1.54) is 31.7 Å². The average molecular weight is 317 g/mol. The average Bonchev–Trinajstić information content (AvgIpc) is 3.08. The fourth-order valence-corrected chi connectivity index (χ4v) is 1.65. The number of hydrazone groups is 1. The zero-order chi connectivity index (χ0) is 16.7. The Hall–Kier alpha value is -3.29. The lowest BCUT2D eigenvalue weighted by atomic mass is 10.2.